The molecule has 1 rings (SSSR count). The molecule has 0 aliphatic carbocycles. The molecule has 0 unspecified atom stereocenters. The third-order valence-electron chi connectivity index (χ3n) is 2.32. The maximum absolute atomic E-state index is 5.60. The molecule has 0 radical (unpaired) electrons. The smallest absolute Gasteiger partial charge is 0.239 e. The quantitative estimate of drug-likeness (QED) is 0.512. The van der Waals surface area contributed by atoms with Gasteiger partial charge in [-0.2, -0.15) is 4.98 Å². The van der Waals surface area contributed by atoms with Crippen molar-refractivity contribution in [2.24, 2.45) is 5.84 Å². The van der Waals surface area contributed by atoms with E-state index in [1.54, 1.807) is 6.20 Å². The van der Waals surface area contributed by atoms with Crippen molar-refractivity contribution in [3.8, 4) is 0 Å². The number of hydrogen-bond acceptors (Lipinski definition) is 6. The molecule has 0 atom stereocenters. The predicted molar refractivity (Wildman–Crippen MR) is 68.8 cm³/mol. The van der Waals surface area contributed by atoms with Crippen molar-refractivity contribution >= 4 is 11.8 Å². The summed E-state index contributed by atoms with van der Waals surface area (Å²) in [7, 11) is 0. The highest BCUT2D eigenvalue weighted by atomic mass is 16.5. The van der Waals surface area contributed by atoms with Crippen molar-refractivity contribution < 1.29 is 4.74 Å². The summed E-state index contributed by atoms with van der Waals surface area (Å²) in [5.74, 6) is 6.43. The summed E-state index contributed by atoms with van der Waals surface area (Å²) < 4.78 is 5.60. The van der Waals surface area contributed by atoms with Gasteiger partial charge in [0.15, 0.2) is 0 Å². The Hall–Kier alpha value is -1.40. The van der Waals surface area contributed by atoms with Crippen LogP contribution in [0, 0.1) is 6.92 Å². The fourth-order valence-electron chi connectivity index (χ4n) is 1.43. The number of nitrogens with one attached hydrogen (secondary N) is 2. The lowest BCUT2D eigenvalue weighted by molar-refractivity contribution is 0.000636. The molecule has 4 N–H and O–H groups in total. The van der Waals surface area contributed by atoms with E-state index in [1.165, 1.54) is 0 Å². The summed E-state index contributed by atoms with van der Waals surface area (Å²) in [5.41, 5.74) is 3.16. The van der Waals surface area contributed by atoms with Gasteiger partial charge in [-0.3, -0.25) is 5.43 Å². The topological polar surface area (TPSA) is 85.1 Å². The van der Waals surface area contributed by atoms with Crippen molar-refractivity contribution in [1.29, 1.82) is 0 Å². The highest BCUT2D eigenvalue weighted by molar-refractivity contribution is 5.46. The zero-order valence-electron chi connectivity index (χ0n) is 10.9. The Morgan fingerprint density at radius 2 is 2.18 bits per heavy atom. The van der Waals surface area contributed by atoms with E-state index in [-0.39, 0.29) is 5.60 Å². The Morgan fingerprint density at radius 1 is 1.47 bits per heavy atom. The highest BCUT2D eigenvalue weighted by Gasteiger charge is 2.17. The SMILES string of the molecule is CCOC(C)(C)CNc1nc(NN)ncc1C. The number of aromatic nitrogens is 2. The molecule has 0 bridgehead atoms. The molecular weight excluding hydrogens is 218 g/mol. The highest BCUT2D eigenvalue weighted by Crippen LogP contribution is 2.15. The maximum Gasteiger partial charge on any atom is 0.239 e. The van der Waals surface area contributed by atoms with E-state index in [1.807, 2.05) is 27.7 Å². The van der Waals surface area contributed by atoms with Gasteiger partial charge in [0, 0.05) is 24.9 Å². The number of rotatable bonds is 6. The van der Waals surface area contributed by atoms with Crippen molar-refractivity contribution in [3.05, 3.63) is 11.8 Å². The molecule has 17 heavy (non-hydrogen) atoms. The van der Waals surface area contributed by atoms with Gasteiger partial charge in [-0.15, -0.1) is 0 Å². The summed E-state index contributed by atoms with van der Waals surface area (Å²) in [6, 6.07) is 0. The molecule has 0 saturated heterocycles. The number of nitrogen functional groups attached to an aromatic ring is 1. The largest absolute Gasteiger partial charge is 0.374 e. The van der Waals surface area contributed by atoms with Crippen molar-refractivity contribution in [3.63, 3.8) is 0 Å². The molecule has 1 heterocycles. The standard InChI is InChI=1S/C11H21N5O/c1-5-17-11(3,4)7-14-9-8(2)6-13-10(15-9)16-12/h6H,5,7,12H2,1-4H3,(H2,13,14,15,16). The first-order chi connectivity index (χ1) is 7.98. The fraction of sp³-hybridized carbons (Fsp3) is 0.636. The zero-order valence-corrected chi connectivity index (χ0v) is 10.9. The van der Waals surface area contributed by atoms with Crippen LogP contribution < -0.4 is 16.6 Å². The first-order valence-electron chi connectivity index (χ1n) is 5.66. The number of nitrogens with zero attached hydrogens (tertiary/aromatic N) is 2. The van der Waals surface area contributed by atoms with E-state index in [4.69, 9.17) is 10.6 Å². The molecule has 0 spiro atoms. The molecule has 6 nitrogen and oxygen atoms in total. The number of ether oxygens (including phenoxy) is 1. The average Bonchev–Trinajstić information content (AvgIpc) is 2.28. The summed E-state index contributed by atoms with van der Waals surface area (Å²) in [5, 5.41) is 3.24. The Labute approximate surface area is 102 Å². The van der Waals surface area contributed by atoms with Crippen LogP contribution in [0.3, 0.4) is 0 Å². The van der Waals surface area contributed by atoms with Crippen LogP contribution >= 0.6 is 0 Å². The number of hydrazine groups is 1. The minimum absolute atomic E-state index is 0.234. The second kappa shape index (κ2) is 5.79. The first kappa shape index (κ1) is 13.7. The summed E-state index contributed by atoms with van der Waals surface area (Å²) in [4.78, 5) is 8.26. The second-order valence-electron chi connectivity index (χ2n) is 4.42. The first-order valence-corrected chi connectivity index (χ1v) is 5.66. The van der Waals surface area contributed by atoms with Gasteiger partial charge in [0.25, 0.3) is 0 Å². The van der Waals surface area contributed by atoms with Gasteiger partial charge in [-0.1, -0.05) is 0 Å². The molecule has 0 fully saturated rings. The van der Waals surface area contributed by atoms with E-state index in [0.717, 1.165) is 11.4 Å². The van der Waals surface area contributed by atoms with E-state index in [9.17, 15) is 0 Å². The molecule has 1 aromatic rings. The molecular formula is C11H21N5O. The zero-order chi connectivity index (χ0) is 12.9. The lowest BCUT2D eigenvalue weighted by Gasteiger charge is -2.25. The van der Waals surface area contributed by atoms with Crippen molar-refractivity contribution in [2.45, 2.75) is 33.3 Å². The maximum atomic E-state index is 5.60. The Morgan fingerprint density at radius 3 is 2.76 bits per heavy atom. The van der Waals surface area contributed by atoms with Crippen molar-refractivity contribution in [2.75, 3.05) is 23.9 Å². The summed E-state index contributed by atoms with van der Waals surface area (Å²) in [6.45, 7) is 9.34. The van der Waals surface area contributed by atoms with Crippen LogP contribution in [0.4, 0.5) is 11.8 Å². The number of anilines is 2. The van der Waals surface area contributed by atoms with Gasteiger partial charge in [0.05, 0.1) is 5.60 Å². The lowest BCUT2D eigenvalue weighted by atomic mass is 10.1. The van der Waals surface area contributed by atoms with Crippen LogP contribution in [-0.2, 0) is 4.74 Å². The van der Waals surface area contributed by atoms with Crippen LogP contribution in [-0.4, -0.2) is 28.7 Å². The molecule has 0 aliphatic rings. The van der Waals surface area contributed by atoms with Gasteiger partial charge in [0.2, 0.25) is 5.95 Å². The van der Waals surface area contributed by atoms with Crippen molar-refractivity contribution in [1.82, 2.24) is 9.97 Å². The number of nitrogens with two attached hydrogens (primary N) is 1. The van der Waals surface area contributed by atoms with Gasteiger partial charge in [-0.05, 0) is 27.7 Å². The molecule has 0 amide bonds. The number of aryl methyl sites for hydroxylation is 1. The van der Waals surface area contributed by atoms with E-state index >= 15 is 0 Å². The van der Waals surface area contributed by atoms with E-state index < -0.39 is 0 Å². The average molecular weight is 239 g/mol. The third-order valence-corrected chi connectivity index (χ3v) is 2.32. The van der Waals surface area contributed by atoms with Crippen LogP contribution in [0.1, 0.15) is 26.3 Å². The van der Waals surface area contributed by atoms with E-state index in [0.29, 0.717) is 19.1 Å². The van der Waals surface area contributed by atoms with Gasteiger partial charge < -0.3 is 10.1 Å². The molecule has 6 heteroatoms. The van der Waals surface area contributed by atoms with Crippen LogP contribution in [0.2, 0.25) is 0 Å². The lowest BCUT2D eigenvalue weighted by Crippen LogP contribution is -2.33. The Bertz CT molecular complexity index is 367. The molecule has 96 valence electrons. The Balaban J connectivity index is 2.68. The summed E-state index contributed by atoms with van der Waals surface area (Å²) >= 11 is 0. The van der Waals surface area contributed by atoms with E-state index in [2.05, 4.69) is 20.7 Å². The molecule has 0 aromatic carbocycles. The minimum Gasteiger partial charge on any atom is -0.374 e. The Kier molecular flexibility index (Phi) is 4.65. The molecule has 0 aliphatic heterocycles. The number of hydrogen-bond donors (Lipinski definition) is 3. The monoisotopic (exact) mass is 239 g/mol. The predicted octanol–water partition coefficient (Wildman–Crippen LogP) is 1.30. The normalized spacial score (nSPS) is 11.4. The second-order valence-corrected chi connectivity index (χ2v) is 4.42. The van der Waals surface area contributed by atoms with Gasteiger partial charge in [-0.25, -0.2) is 10.8 Å². The molecule has 1 aromatic heterocycles. The van der Waals surface area contributed by atoms with Crippen LogP contribution in [0.15, 0.2) is 6.20 Å². The van der Waals surface area contributed by atoms with Crippen LogP contribution in [0.5, 0.6) is 0 Å². The minimum atomic E-state index is -0.234. The fourth-order valence-corrected chi connectivity index (χ4v) is 1.43. The van der Waals surface area contributed by atoms with Crippen LogP contribution in [0.25, 0.3) is 0 Å². The third kappa shape index (κ3) is 4.16. The summed E-state index contributed by atoms with van der Waals surface area (Å²) in [6.07, 6.45) is 1.72. The van der Waals surface area contributed by atoms with Gasteiger partial charge >= 0.3 is 0 Å². The molecule has 0 saturated carbocycles. The van der Waals surface area contributed by atoms with Gasteiger partial charge in [0.1, 0.15) is 5.82 Å².